The molecule has 2 aromatic rings. The van der Waals surface area contributed by atoms with Gasteiger partial charge in [-0.1, -0.05) is 26.0 Å². The first-order valence-corrected chi connectivity index (χ1v) is 9.74. The van der Waals surface area contributed by atoms with Crippen molar-refractivity contribution in [2.75, 3.05) is 13.7 Å². The molecule has 0 aliphatic heterocycles. The number of nitrogens with one attached hydrogen (secondary N) is 2. The highest BCUT2D eigenvalue weighted by Gasteiger charge is 2.14. The van der Waals surface area contributed by atoms with Crippen LogP contribution >= 0.6 is 24.0 Å². The molecule has 0 spiro atoms. The van der Waals surface area contributed by atoms with Crippen LogP contribution in [0.5, 0.6) is 5.75 Å². The third-order valence-electron chi connectivity index (χ3n) is 4.65. The number of halogens is 1. The van der Waals surface area contributed by atoms with Crippen LogP contribution in [-0.4, -0.2) is 29.4 Å². The fourth-order valence-corrected chi connectivity index (χ4v) is 3.26. The third kappa shape index (κ3) is 6.12. The van der Waals surface area contributed by atoms with E-state index in [0.717, 1.165) is 35.8 Å². The van der Waals surface area contributed by atoms with Crippen molar-refractivity contribution in [3.8, 4) is 5.75 Å². The van der Waals surface area contributed by atoms with E-state index >= 15 is 0 Å². The zero-order chi connectivity index (χ0) is 19.8. The van der Waals surface area contributed by atoms with Crippen LogP contribution in [0.15, 0.2) is 23.2 Å². The Kier molecular flexibility index (Phi) is 10.3. The lowest BCUT2D eigenvalue weighted by Gasteiger charge is -2.15. The van der Waals surface area contributed by atoms with Gasteiger partial charge in [0.2, 0.25) is 0 Å². The monoisotopic (exact) mass is 499 g/mol. The summed E-state index contributed by atoms with van der Waals surface area (Å²) in [4.78, 5) is 4.36. The maximum absolute atomic E-state index is 5.77. The molecule has 1 aromatic heterocycles. The van der Waals surface area contributed by atoms with Gasteiger partial charge in [-0.2, -0.15) is 5.10 Å². The van der Waals surface area contributed by atoms with Crippen molar-refractivity contribution in [3.05, 3.63) is 46.3 Å². The Balaban J connectivity index is 0.00000392. The minimum absolute atomic E-state index is 0. The fraction of sp³-hybridized carbons (Fsp3) is 0.524. The average molecular weight is 499 g/mol. The van der Waals surface area contributed by atoms with Crippen molar-refractivity contribution in [3.63, 3.8) is 0 Å². The van der Waals surface area contributed by atoms with Crippen molar-refractivity contribution in [1.29, 1.82) is 0 Å². The molecule has 156 valence electrons. The van der Waals surface area contributed by atoms with Crippen molar-refractivity contribution < 1.29 is 4.74 Å². The molecule has 0 aliphatic carbocycles. The molecule has 0 fully saturated rings. The molecular weight excluding hydrogens is 465 g/mol. The van der Waals surface area contributed by atoms with Crippen molar-refractivity contribution in [1.82, 2.24) is 20.4 Å². The van der Waals surface area contributed by atoms with Crippen molar-refractivity contribution >= 4 is 29.9 Å². The standard InChI is InChI=1S/C21H33N5O.HI/c1-7-18-17(19(8-2)26(6)25-18)14-24-21(22-5)23-13-16-11-10-15(4)12-20(16)27-9-3;/h10-12H,7-9,13-14H2,1-6H3,(H2,22,23,24);1H. The molecule has 2 N–H and O–H groups in total. The molecule has 0 aliphatic rings. The van der Waals surface area contributed by atoms with E-state index in [2.05, 4.69) is 59.7 Å². The lowest BCUT2D eigenvalue weighted by atomic mass is 10.1. The van der Waals surface area contributed by atoms with E-state index in [-0.39, 0.29) is 24.0 Å². The lowest BCUT2D eigenvalue weighted by molar-refractivity contribution is 0.336. The van der Waals surface area contributed by atoms with Gasteiger partial charge in [0.05, 0.1) is 12.3 Å². The van der Waals surface area contributed by atoms with Gasteiger partial charge in [-0.15, -0.1) is 24.0 Å². The quantitative estimate of drug-likeness (QED) is 0.330. The predicted octanol–water partition coefficient (Wildman–Crippen LogP) is 3.74. The number of aryl methyl sites for hydroxylation is 3. The van der Waals surface area contributed by atoms with E-state index < -0.39 is 0 Å². The zero-order valence-corrected chi connectivity index (χ0v) is 20.3. The van der Waals surface area contributed by atoms with Gasteiger partial charge in [-0.25, -0.2) is 0 Å². The number of ether oxygens (including phenoxy) is 1. The first kappa shape index (κ1) is 24.3. The van der Waals surface area contributed by atoms with E-state index in [1.807, 2.05) is 18.7 Å². The highest BCUT2D eigenvalue weighted by molar-refractivity contribution is 14.0. The summed E-state index contributed by atoms with van der Waals surface area (Å²) in [5.41, 5.74) is 6.01. The zero-order valence-electron chi connectivity index (χ0n) is 17.9. The second-order valence-electron chi connectivity index (χ2n) is 6.53. The number of hydrogen-bond acceptors (Lipinski definition) is 3. The van der Waals surface area contributed by atoms with Crippen LogP contribution in [0, 0.1) is 6.92 Å². The van der Waals surface area contributed by atoms with E-state index in [1.54, 1.807) is 7.05 Å². The molecule has 0 bridgehead atoms. The van der Waals surface area contributed by atoms with Gasteiger partial charge in [0, 0.05) is 44.0 Å². The summed E-state index contributed by atoms with van der Waals surface area (Å²) >= 11 is 0. The maximum atomic E-state index is 5.77. The van der Waals surface area contributed by atoms with Gasteiger partial charge < -0.3 is 15.4 Å². The first-order chi connectivity index (χ1) is 13.0. The van der Waals surface area contributed by atoms with Gasteiger partial charge in [-0.05, 0) is 38.3 Å². The number of aromatic nitrogens is 2. The summed E-state index contributed by atoms with van der Waals surface area (Å²) in [5.74, 6) is 1.69. The Labute approximate surface area is 186 Å². The summed E-state index contributed by atoms with van der Waals surface area (Å²) in [7, 11) is 3.81. The fourth-order valence-electron chi connectivity index (χ4n) is 3.26. The molecule has 0 radical (unpaired) electrons. The largest absolute Gasteiger partial charge is 0.494 e. The van der Waals surface area contributed by atoms with Crippen molar-refractivity contribution in [2.45, 2.75) is 53.6 Å². The molecule has 0 amide bonds. The van der Waals surface area contributed by atoms with E-state index in [4.69, 9.17) is 4.74 Å². The number of benzene rings is 1. The van der Waals surface area contributed by atoms with Crippen LogP contribution in [0.4, 0.5) is 0 Å². The summed E-state index contributed by atoms with van der Waals surface area (Å²) in [6.45, 7) is 10.4. The van der Waals surface area contributed by atoms with E-state index in [1.165, 1.54) is 16.8 Å². The lowest BCUT2D eigenvalue weighted by Crippen LogP contribution is -2.36. The molecule has 0 saturated heterocycles. The molecule has 0 saturated carbocycles. The van der Waals surface area contributed by atoms with Crippen molar-refractivity contribution in [2.24, 2.45) is 12.0 Å². The molecule has 1 aromatic carbocycles. The highest BCUT2D eigenvalue weighted by Crippen LogP contribution is 2.20. The highest BCUT2D eigenvalue weighted by atomic mass is 127. The normalized spacial score (nSPS) is 11.1. The minimum atomic E-state index is 0. The number of guanidine groups is 1. The van der Waals surface area contributed by atoms with Crippen LogP contribution < -0.4 is 15.4 Å². The number of aliphatic imine (C=N–C) groups is 1. The molecule has 1 heterocycles. The van der Waals surface area contributed by atoms with Gasteiger partial charge in [0.1, 0.15) is 5.75 Å². The summed E-state index contributed by atoms with van der Waals surface area (Å²) in [5, 5.41) is 11.5. The molecular formula is C21H34IN5O. The van der Waals surface area contributed by atoms with Gasteiger partial charge in [-0.3, -0.25) is 9.67 Å². The number of rotatable bonds is 8. The van der Waals surface area contributed by atoms with Crippen LogP contribution in [0.3, 0.4) is 0 Å². The van der Waals surface area contributed by atoms with Gasteiger partial charge in [0.15, 0.2) is 5.96 Å². The van der Waals surface area contributed by atoms with Crippen LogP contribution in [-0.2, 0) is 33.0 Å². The molecule has 6 nitrogen and oxygen atoms in total. The van der Waals surface area contributed by atoms with Gasteiger partial charge >= 0.3 is 0 Å². The Morgan fingerprint density at radius 2 is 1.86 bits per heavy atom. The van der Waals surface area contributed by atoms with Crippen LogP contribution in [0.1, 0.15) is 48.8 Å². The Hall–Kier alpha value is -1.77. The van der Waals surface area contributed by atoms with Crippen LogP contribution in [0.25, 0.3) is 0 Å². The second kappa shape index (κ2) is 11.9. The summed E-state index contributed by atoms with van der Waals surface area (Å²) < 4.78 is 7.76. The Morgan fingerprint density at radius 1 is 1.14 bits per heavy atom. The maximum Gasteiger partial charge on any atom is 0.191 e. The minimum Gasteiger partial charge on any atom is -0.494 e. The van der Waals surface area contributed by atoms with E-state index in [0.29, 0.717) is 19.7 Å². The molecule has 0 unspecified atom stereocenters. The number of hydrogen-bond donors (Lipinski definition) is 2. The SMILES string of the molecule is CCOc1cc(C)ccc1CNC(=NC)NCc1c(CC)nn(C)c1CC.I. The molecule has 0 atom stereocenters. The molecule has 7 heteroatoms. The predicted molar refractivity (Wildman–Crippen MR) is 127 cm³/mol. The Bertz CT molecular complexity index is 785. The molecule has 28 heavy (non-hydrogen) atoms. The second-order valence-corrected chi connectivity index (χ2v) is 6.53. The number of nitrogens with zero attached hydrogens (tertiary/aromatic N) is 3. The topological polar surface area (TPSA) is 63.5 Å². The molecule has 2 rings (SSSR count). The Morgan fingerprint density at radius 3 is 2.46 bits per heavy atom. The van der Waals surface area contributed by atoms with Crippen LogP contribution in [0.2, 0.25) is 0 Å². The summed E-state index contributed by atoms with van der Waals surface area (Å²) in [6, 6.07) is 6.28. The third-order valence-corrected chi connectivity index (χ3v) is 4.65. The first-order valence-electron chi connectivity index (χ1n) is 9.74. The smallest absolute Gasteiger partial charge is 0.191 e. The van der Waals surface area contributed by atoms with Gasteiger partial charge in [0.25, 0.3) is 0 Å². The summed E-state index contributed by atoms with van der Waals surface area (Å²) in [6.07, 6.45) is 1.89. The average Bonchev–Trinajstić information content (AvgIpc) is 2.98. The van der Waals surface area contributed by atoms with E-state index in [9.17, 15) is 0 Å².